The van der Waals surface area contributed by atoms with E-state index in [1.807, 2.05) is 186 Å². The van der Waals surface area contributed by atoms with Crippen molar-refractivity contribution in [1.29, 1.82) is 0 Å². The van der Waals surface area contributed by atoms with Crippen molar-refractivity contribution in [3.8, 4) is 0 Å². The van der Waals surface area contributed by atoms with Crippen LogP contribution in [0.2, 0.25) is 0 Å². The Labute approximate surface area is 438 Å². The summed E-state index contributed by atoms with van der Waals surface area (Å²) in [5.74, 6) is -2.28. The Morgan fingerprint density at radius 2 is 0.458 bits per heavy atom. The lowest BCUT2D eigenvalue weighted by molar-refractivity contribution is -0.147. The summed E-state index contributed by atoms with van der Waals surface area (Å²) in [6.45, 7) is 37.9. The van der Waals surface area contributed by atoms with Gasteiger partial charge in [-0.05, 0) is 66.0 Å². The number of carboxylic acid groups (broad SMARTS) is 3. The molecule has 0 aliphatic heterocycles. The number of benzene rings is 6. The molecule has 6 aromatic rings. The molecule has 6 rings (SSSR count). The van der Waals surface area contributed by atoms with Gasteiger partial charge in [0.25, 0.3) is 0 Å². The Morgan fingerprint density at radius 1 is 0.278 bits per heavy atom. The standard InChI is InChI=1S/2C9H10O2.2C9H12.C8H8O3.C8H10O.6C2H6/c2*1-7(9(10)11)8-5-3-2-4-6-8;2*1-8(2)9-6-4-3-5-7-9;9-7(8(10)11)6-4-2-1-3-5-6;1-7(9)8-5-3-2-4-6-8;6*1-2/h2*2-7H,1H3,(H,10,11);2*3-8H,1-2H3;1-5,7,9H,(H,10,11);2-7,9H,1H3;6*1-2H3. The highest BCUT2D eigenvalue weighted by Crippen LogP contribution is 2.16. The zero-order valence-electron chi connectivity index (χ0n) is 47.7. The number of hydrogen-bond donors (Lipinski definition) is 5. The fourth-order valence-corrected chi connectivity index (χ4v) is 4.95. The highest BCUT2D eigenvalue weighted by atomic mass is 16.4. The third kappa shape index (κ3) is 41.4. The van der Waals surface area contributed by atoms with Crippen LogP contribution in [0.5, 0.6) is 0 Å². The molecule has 8 heteroatoms. The average molecular weight is 995 g/mol. The van der Waals surface area contributed by atoms with E-state index < -0.39 is 35.8 Å². The van der Waals surface area contributed by atoms with Crippen molar-refractivity contribution < 1.29 is 39.9 Å². The molecule has 0 aliphatic rings. The normalized spacial score (nSPS) is 10.4. The quantitative estimate of drug-likeness (QED) is 0.0960. The molecular formula is C64H98O8. The minimum Gasteiger partial charge on any atom is -0.481 e. The Morgan fingerprint density at radius 3 is 0.597 bits per heavy atom. The molecule has 0 aliphatic carbocycles. The molecular weight excluding hydrogens is 897 g/mol. The summed E-state index contributed by atoms with van der Waals surface area (Å²) < 4.78 is 0. The van der Waals surface area contributed by atoms with Crippen molar-refractivity contribution in [2.24, 2.45) is 0 Å². The van der Waals surface area contributed by atoms with Crippen LogP contribution >= 0.6 is 0 Å². The highest BCUT2D eigenvalue weighted by molar-refractivity contribution is 5.76. The minimum absolute atomic E-state index is 0.341. The fraction of sp³-hybridized carbons (Fsp3) is 0.391. The van der Waals surface area contributed by atoms with Crippen molar-refractivity contribution >= 4 is 17.9 Å². The van der Waals surface area contributed by atoms with Crippen LogP contribution in [0.4, 0.5) is 0 Å². The summed E-state index contributed by atoms with van der Waals surface area (Å²) in [4.78, 5) is 31.2. The molecule has 0 radical (unpaired) electrons. The third-order valence-corrected chi connectivity index (χ3v) is 8.90. The Hall–Kier alpha value is -6.35. The predicted octanol–water partition coefficient (Wildman–Crippen LogP) is 18.1. The van der Waals surface area contributed by atoms with E-state index in [9.17, 15) is 14.4 Å². The number of aliphatic hydroxyl groups is 2. The smallest absolute Gasteiger partial charge is 0.337 e. The van der Waals surface area contributed by atoms with Crippen LogP contribution in [0.25, 0.3) is 0 Å². The molecule has 0 amide bonds. The van der Waals surface area contributed by atoms with Gasteiger partial charge in [0.2, 0.25) is 0 Å². The van der Waals surface area contributed by atoms with Gasteiger partial charge in [-0.15, -0.1) is 0 Å². The second-order valence-electron chi connectivity index (χ2n) is 14.3. The van der Waals surface area contributed by atoms with Crippen LogP contribution in [0.15, 0.2) is 182 Å². The molecule has 0 aromatic heterocycles. The lowest BCUT2D eigenvalue weighted by Gasteiger charge is -2.04. The number of aliphatic carboxylic acids is 3. The molecule has 6 aromatic carbocycles. The summed E-state index contributed by atoms with van der Waals surface area (Å²) in [5.41, 5.74) is 5.90. The second-order valence-corrected chi connectivity index (χ2v) is 14.3. The number of hydrogen-bond acceptors (Lipinski definition) is 5. The number of carboxylic acids is 3. The van der Waals surface area contributed by atoms with Gasteiger partial charge in [0.15, 0.2) is 6.10 Å². The SMILES string of the molecule is CC.CC.CC.CC.CC.CC.CC(C(=O)O)c1ccccc1.CC(C(=O)O)c1ccccc1.CC(C)c1ccccc1.CC(C)c1ccccc1.CC(O)c1ccccc1.O=C(O)C(O)c1ccccc1. The number of rotatable bonds is 9. The van der Waals surface area contributed by atoms with E-state index in [-0.39, 0.29) is 6.10 Å². The first kappa shape index (κ1) is 77.1. The number of carbonyl (C=O) groups is 3. The van der Waals surface area contributed by atoms with E-state index in [4.69, 9.17) is 25.5 Å². The average Bonchev–Trinajstić information content (AvgIpc) is 3.45. The monoisotopic (exact) mass is 995 g/mol. The maximum absolute atomic E-state index is 10.5. The van der Waals surface area contributed by atoms with Crippen LogP contribution in [-0.4, -0.2) is 43.4 Å². The van der Waals surface area contributed by atoms with E-state index >= 15 is 0 Å². The van der Waals surface area contributed by atoms with E-state index in [1.165, 1.54) is 11.1 Å². The van der Waals surface area contributed by atoms with Gasteiger partial charge in [-0.25, -0.2) is 4.79 Å². The van der Waals surface area contributed by atoms with Crippen LogP contribution < -0.4 is 0 Å². The maximum atomic E-state index is 10.5. The Bertz CT molecular complexity index is 1750. The summed E-state index contributed by atoms with van der Waals surface area (Å²) >= 11 is 0. The third-order valence-electron chi connectivity index (χ3n) is 8.90. The minimum atomic E-state index is -1.41. The molecule has 4 unspecified atom stereocenters. The van der Waals surface area contributed by atoms with Crippen LogP contribution in [0.1, 0.15) is 201 Å². The predicted molar refractivity (Wildman–Crippen MR) is 310 cm³/mol. The van der Waals surface area contributed by atoms with Gasteiger partial charge in [0.05, 0.1) is 17.9 Å². The highest BCUT2D eigenvalue weighted by Gasteiger charge is 2.14. The zero-order chi connectivity index (χ0) is 56.9. The molecule has 0 spiro atoms. The largest absolute Gasteiger partial charge is 0.481 e. The second kappa shape index (κ2) is 55.6. The van der Waals surface area contributed by atoms with Crippen molar-refractivity contribution in [3.05, 3.63) is 215 Å². The molecule has 0 fully saturated rings. The van der Waals surface area contributed by atoms with Crippen molar-refractivity contribution in [1.82, 2.24) is 0 Å². The van der Waals surface area contributed by atoms with E-state index in [0.29, 0.717) is 17.4 Å². The van der Waals surface area contributed by atoms with Gasteiger partial charge >= 0.3 is 17.9 Å². The Balaban J connectivity index is -0.000000174. The maximum Gasteiger partial charge on any atom is 0.337 e. The van der Waals surface area contributed by atoms with Crippen LogP contribution in [-0.2, 0) is 14.4 Å². The van der Waals surface area contributed by atoms with Crippen molar-refractivity contribution in [2.45, 2.75) is 167 Å². The molecule has 0 saturated carbocycles. The first-order valence-electron chi connectivity index (χ1n) is 25.9. The summed E-state index contributed by atoms with van der Waals surface area (Å²) in [6.07, 6.45) is -1.75. The lowest BCUT2D eigenvalue weighted by atomic mass is 10.0. The van der Waals surface area contributed by atoms with Crippen molar-refractivity contribution in [2.75, 3.05) is 0 Å². The zero-order valence-corrected chi connectivity index (χ0v) is 47.7. The first-order valence-corrected chi connectivity index (χ1v) is 25.9. The molecule has 8 nitrogen and oxygen atoms in total. The van der Waals surface area contributed by atoms with Crippen LogP contribution in [0, 0.1) is 0 Å². The van der Waals surface area contributed by atoms with Gasteiger partial charge in [-0.1, -0.05) is 293 Å². The molecule has 0 saturated heterocycles. The van der Waals surface area contributed by atoms with E-state index in [2.05, 4.69) is 76.2 Å². The van der Waals surface area contributed by atoms with Gasteiger partial charge in [0.1, 0.15) is 0 Å². The van der Waals surface area contributed by atoms with Crippen LogP contribution in [0.3, 0.4) is 0 Å². The molecule has 72 heavy (non-hydrogen) atoms. The summed E-state index contributed by atoms with van der Waals surface area (Å²) in [6, 6.07) is 57.3. The van der Waals surface area contributed by atoms with Gasteiger partial charge in [0, 0.05) is 0 Å². The van der Waals surface area contributed by atoms with Gasteiger partial charge in [-0.3, -0.25) is 9.59 Å². The topological polar surface area (TPSA) is 152 Å². The number of aliphatic hydroxyl groups excluding tert-OH is 2. The summed E-state index contributed by atoms with van der Waals surface area (Å²) in [5, 5.41) is 43.7. The first-order chi connectivity index (χ1) is 34.6. The lowest BCUT2D eigenvalue weighted by Crippen LogP contribution is -2.09. The summed E-state index contributed by atoms with van der Waals surface area (Å²) in [7, 11) is 0. The van der Waals surface area contributed by atoms with Gasteiger partial charge in [-0.2, -0.15) is 0 Å². The van der Waals surface area contributed by atoms with E-state index in [1.54, 1.807) is 51.1 Å². The molecule has 5 N–H and O–H groups in total. The van der Waals surface area contributed by atoms with E-state index in [0.717, 1.165) is 16.7 Å². The van der Waals surface area contributed by atoms with Gasteiger partial charge < -0.3 is 25.5 Å². The van der Waals surface area contributed by atoms with Crippen molar-refractivity contribution in [3.63, 3.8) is 0 Å². The molecule has 402 valence electrons. The molecule has 0 heterocycles. The Kier molecular flexibility index (Phi) is 59.5. The fourth-order valence-electron chi connectivity index (χ4n) is 4.95. The molecule has 4 atom stereocenters. The molecule has 0 bridgehead atoms.